The normalized spacial score (nSPS) is 17.1. The number of rotatable bonds is 9. The van der Waals surface area contributed by atoms with Gasteiger partial charge in [-0.15, -0.1) is 0 Å². The number of benzene rings is 3. The van der Waals surface area contributed by atoms with Crippen LogP contribution in [0.15, 0.2) is 77.8 Å². The van der Waals surface area contributed by atoms with Gasteiger partial charge in [-0.2, -0.15) is 0 Å². The lowest BCUT2D eigenvalue weighted by molar-refractivity contribution is -0.148. The number of hydrogen-bond acceptors (Lipinski definition) is 5. The molecular weight excluding hydrogens is 463 g/mol. The second-order valence-corrected chi connectivity index (χ2v) is 8.35. The summed E-state index contributed by atoms with van der Waals surface area (Å²) in [5.41, 5.74) is 2.58. The Balaban J connectivity index is 1.62. The van der Waals surface area contributed by atoms with Gasteiger partial charge in [0.05, 0.1) is 20.3 Å². The van der Waals surface area contributed by atoms with E-state index < -0.39 is 29.8 Å². The molecule has 0 aliphatic carbocycles. The second-order valence-electron chi connectivity index (χ2n) is 8.35. The average molecular weight is 491 g/mol. The Labute approximate surface area is 208 Å². The molecule has 2 amide bonds. The predicted octanol–water partition coefficient (Wildman–Crippen LogP) is 5.04. The standard InChI is InChI=1S/C28H27FN2O5/c1-34-21-10-6-9-18(15-21)11-13-23-25(27(32)36-17-19-7-4-3-5-8-19)26(31-28(33)30-23)20-12-14-24(35-2)22(29)16-20/h3-10,12,14-16,25-26H,11,13,17H2,1-2H3,(H,31,33). The van der Waals surface area contributed by atoms with Crippen LogP contribution in [-0.2, 0) is 22.6 Å². The molecule has 7 nitrogen and oxygen atoms in total. The molecule has 3 aromatic carbocycles. The molecule has 1 aliphatic heterocycles. The van der Waals surface area contributed by atoms with E-state index in [1.807, 2.05) is 54.6 Å². The van der Waals surface area contributed by atoms with Gasteiger partial charge >= 0.3 is 12.0 Å². The Hall–Kier alpha value is -4.20. The molecule has 186 valence electrons. The maximum Gasteiger partial charge on any atom is 0.341 e. The number of carbonyl (C=O) groups is 2. The van der Waals surface area contributed by atoms with E-state index in [0.717, 1.165) is 11.1 Å². The van der Waals surface area contributed by atoms with Crippen LogP contribution in [-0.4, -0.2) is 31.9 Å². The third kappa shape index (κ3) is 5.89. The van der Waals surface area contributed by atoms with Crippen molar-refractivity contribution in [3.8, 4) is 11.5 Å². The highest BCUT2D eigenvalue weighted by atomic mass is 19.1. The van der Waals surface area contributed by atoms with Crippen molar-refractivity contribution in [2.24, 2.45) is 10.9 Å². The maximum atomic E-state index is 14.5. The van der Waals surface area contributed by atoms with Crippen molar-refractivity contribution in [2.45, 2.75) is 25.5 Å². The number of halogens is 1. The molecule has 4 rings (SSSR count). The summed E-state index contributed by atoms with van der Waals surface area (Å²) in [6.45, 7) is 0.0664. The molecule has 2 unspecified atom stereocenters. The van der Waals surface area contributed by atoms with Gasteiger partial charge in [0.2, 0.25) is 0 Å². The van der Waals surface area contributed by atoms with Crippen molar-refractivity contribution in [1.82, 2.24) is 5.32 Å². The van der Waals surface area contributed by atoms with Crippen LogP contribution in [0.5, 0.6) is 11.5 Å². The topological polar surface area (TPSA) is 86.2 Å². The number of amides is 2. The van der Waals surface area contributed by atoms with Crippen LogP contribution in [0.2, 0.25) is 0 Å². The Bertz CT molecular complexity index is 1260. The Morgan fingerprint density at radius 3 is 2.44 bits per heavy atom. The zero-order valence-electron chi connectivity index (χ0n) is 20.1. The first kappa shape index (κ1) is 24.9. The van der Waals surface area contributed by atoms with Crippen molar-refractivity contribution >= 4 is 17.7 Å². The van der Waals surface area contributed by atoms with E-state index in [1.165, 1.54) is 19.2 Å². The number of nitrogens with zero attached hydrogens (tertiary/aromatic N) is 1. The Kier molecular flexibility index (Phi) is 7.95. The number of aryl methyl sites for hydroxylation is 1. The number of methoxy groups -OCH3 is 2. The number of esters is 1. The lowest BCUT2D eigenvalue weighted by atomic mass is 9.85. The fourth-order valence-corrected chi connectivity index (χ4v) is 4.20. The maximum absolute atomic E-state index is 14.5. The van der Waals surface area contributed by atoms with Crippen LogP contribution in [0.1, 0.15) is 29.2 Å². The Morgan fingerprint density at radius 2 is 1.72 bits per heavy atom. The molecule has 2 atom stereocenters. The minimum absolute atomic E-state index is 0.0657. The number of hydrogen-bond donors (Lipinski definition) is 1. The van der Waals surface area contributed by atoms with Crippen LogP contribution in [0.25, 0.3) is 0 Å². The molecular formula is C28H27FN2O5. The van der Waals surface area contributed by atoms with Crippen LogP contribution in [0.4, 0.5) is 9.18 Å². The fraction of sp³-hybridized carbons (Fsp3) is 0.250. The molecule has 3 aromatic rings. The van der Waals surface area contributed by atoms with Crippen LogP contribution < -0.4 is 14.8 Å². The van der Waals surface area contributed by atoms with Gasteiger partial charge in [-0.1, -0.05) is 48.5 Å². The van der Waals surface area contributed by atoms with E-state index in [9.17, 15) is 14.0 Å². The number of carbonyl (C=O) groups excluding carboxylic acids is 2. The quantitative estimate of drug-likeness (QED) is 0.425. The summed E-state index contributed by atoms with van der Waals surface area (Å²) in [5, 5.41) is 2.72. The summed E-state index contributed by atoms with van der Waals surface area (Å²) in [6, 6.07) is 19.7. The number of ether oxygens (including phenoxy) is 3. The highest BCUT2D eigenvalue weighted by Gasteiger charge is 2.40. The van der Waals surface area contributed by atoms with E-state index in [4.69, 9.17) is 14.2 Å². The van der Waals surface area contributed by atoms with E-state index in [1.54, 1.807) is 13.2 Å². The molecule has 0 saturated carbocycles. The van der Waals surface area contributed by atoms with E-state index in [-0.39, 0.29) is 12.4 Å². The second kappa shape index (κ2) is 11.5. The largest absolute Gasteiger partial charge is 0.497 e. The summed E-state index contributed by atoms with van der Waals surface area (Å²) in [6.07, 6.45) is 0.857. The highest BCUT2D eigenvalue weighted by molar-refractivity contribution is 6.09. The number of urea groups is 1. The third-order valence-corrected chi connectivity index (χ3v) is 6.03. The van der Waals surface area contributed by atoms with Gasteiger partial charge in [0.1, 0.15) is 18.3 Å². The first-order valence-corrected chi connectivity index (χ1v) is 11.5. The first-order valence-electron chi connectivity index (χ1n) is 11.5. The van der Waals surface area contributed by atoms with E-state index >= 15 is 0 Å². The predicted molar refractivity (Wildman–Crippen MR) is 133 cm³/mol. The molecule has 1 N–H and O–H groups in total. The van der Waals surface area contributed by atoms with Gasteiger partial charge < -0.3 is 19.5 Å². The molecule has 0 aromatic heterocycles. The summed E-state index contributed by atoms with van der Waals surface area (Å²) in [5.74, 6) is -1.30. The zero-order chi connectivity index (χ0) is 25.5. The van der Waals surface area contributed by atoms with E-state index in [2.05, 4.69) is 10.3 Å². The molecule has 0 fully saturated rings. The number of aliphatic imine (C=N–C) groups is 1. The van der Waals surface area contributed by atoms with Crippen molar-refractivity contribution < 1.29 is 28.2 Å². The lowest BCUT2D eigenvalue weighted by Gasteiger charge is -2.31. The average Bonchev–Trinajstić information content (AvgIpc) is 2.90. The van der Waals surface area contributed by atoms with Crippen molar-refractivity contribution in [1.29, 1.82) is 0 Å². The molecule has 36 heavy (non-hydrogen) atoms. The molecule has 0 saturated heterocycles. The zero-order valence-corrected chi connectivity index (χ0v) is 20.1. The molecule has 1 heterocycles. The van der Waals surface area contributed by atoms with Gasteiger partial charge in [-0.25, -0.2) is 14.2 Å². The summed E-state index contributed by atoms with van der Waals surface area (Å²) >= 11 is 0. The van der Waals surface area contributed by atoms with E-state index in [0.29, 0.717) is 29.9 Å². The highest BCUT2D eigenvalue weighted by Crippen LogP contribution is 2.32. The SMILES string of the molecule is COc1cccc(CCC2=NC(=O)NC(c3ccc(OC)c(F)c3)C2C(=O)OCc2ccccc2)c1. The van der Waals surface area contributed by atoms with Crippen LogP contribution in [0, 0.1) is 11.7 Å². The smallest absolute Gasteiger partial charge is 0.341 e. The Morgan fingerprint density at radius 1 is 0.944 bits per heavy atom. The van der Waals surface area contributed by atoms with Gasteiger partial charge in [-0.3, -0.25) is 4.79 Å². The van der Waals surface area contributed by atoms with Crippen LogP contribution in [0.3, 0.4) is 0 Å². The van der Waals surface area contributed by atoms with Gasteiger partial charge in [0.15, 0.2) is 11.6 Å². The third-order valence-electron chi connectivity index (χ3n) is 6.03. The summed E-state index contributed by atoms with van der Waals surface area (Å²) < 4.78 is 30.5. The first-order chi connectivity index (χ1) is 17.5. The van der Waals surface area contributed by atoms with Crippen molar-refractivity contribution in [2.75, 3.05) is 14.2 Å². The van der Waals surface area contributed by atoms with Gasteiger partial charge in [0, 0.05) is 5.71 Å². The molecule has 1 aliphatic rings. The minimum atomic E-state index is -0.926. The molecule has 0 spiro atoms. The summed E-state index contributed by atoms with van der Waals surface area (Å²) in [4.78, 5) is 30.1. The lowest BCUT2D eigenvalue weighted by Crippen LogP contribution is -2.45. The van der Waals surface area contributed by atoms with Gasteiger partial charge in [0.25, 0.3) is 0 Å². The monoisotopic (exact) mass is 490 g/mol. The fourth-order valence-electron chi connectivity index (χ4n) is 4.20. The molecule has 0 radical (unpaired) electrons. The van der Waals surface area contributed by atoms with Crippen LogP contribution >= 0.6 is 0 Å². The van der Waals surface area contributed by atoms with Crippen molar-refractivity contribution in [3.05, 3.63) is 95.3 Å². The minimum Gasteiger partial charge on any atom is -0.497 e. The van der Waals surface area contributed by atoms with Crippen molar-refractivity contribution in [3.63, 3.8) is 0 Å². The molecule has 8 heteroatoms. The summed E-state index contributed by atoms with van der Waals surface area (Å²) in [7, 11) is 2.96. The van der Waals surface area contributed by atoms with Gasteiger partial charge in [-0.05, 0) is 53.8 Å². The number of nitrogens with one attached hydrogen (secondary N) is 1. The molecule has 0 bridgehead atoms.